The normalized spacial score (nSPS) is 16.5. The number of methoxy groups -OCH3 is 1. The molecule has 1 amide bonds. The van der Waals surface area contributed by atoms with Crippen molar-refractivity contribution < 1.29 is 19.4 Å². The summed E-state index contributed by atoms with van der Waals surface area (Å²) in [5, 5.41) is 12.5. The van der Waals surface area contributed by atoms with Gasteiger partial charge in [-0.05, 0) is 50.2 Å². The fourth-order valence-corrected chi connectivity index (χ4v) is 2.31. The van der Waals surface area contributed by atoms with E-state index in [1.807, 2.05) is 0 Å². The van der Waals surface area contributed by atoms with Gasteiger partial charge in [-0.15, -0.1) is 0 Å². The molecule has 0 bridgehead atoms. The predicted molar refractivity (Wildman–Crippen MR) is 79.6 cm³/mol. The summed E-state index contributed by atoms with van der Waals surface area (Å²) >= 11 is 0. The van der Waals surface area contributed by atoms with Gasteiger partial charge in [-0.3, -0.25) is 5.32 Å². The van der Waals surface area contributed by atoms with Gasteiger partial charge in [0.1, 0.15) is 18.5 Å². The number of aliphatic hydroxyl groups excluding tert-OH is 1. The Hall–Kier alpha value is -1.79. The molecule has 6 heteroatoms. The van der Waals surface area contributed by atoms with Crippen LogP contribution in [0.2, 0.25) is 0 Å². The highest BCUT2D eigenvalue weighted by molar-refractivity contribution is 5.84. The maximum Gasteiger partial charge on any atom is 0.411 e. The van der Waals surface area contributed by atoms with Crippen molar-refractivity contribution in [1.82, 2.24) is 4.90 Å². The van der Waals surface area contributed by atoms with E-state index >= 15 is 0 Å². The van der Waals surface area contributed by atoms with Crippen molar-refractivity contribution in [2.24, 2.45) is 0 Å². The van der Waals surface area contributed by atoms with E-state index < -0.39 is 12.2 Å². The van der Waals surface area contributed by atoms with Crippen LogP contribution in [0.15, 0.2) is 24.3 Å². The highest BCUT2D eigenvalue weighted by atomic mass is 16.5. The summed E-state index contributed by atoms with van der Waals surface area (Å²) in [6.07, 6.45) is 1.42. The lowest BCUT2D eigenvalue weighted by Crippen LogP contribution is -2.33. The number of aliphatic hydroxyl groups is 1. The van der Waals surface area contributed by atoms with Crippen LogP contribution in [-0.4, -0.2) is 55.6 Å². The lowest BCUT2D eigenvalue weighted by atomic mass is 10.3. The van der Waals surface area contributed by atoms with E-state index in [0.717, 1.165) is 13.1 Å². The van der Waals surface area contributed by atoms with Crippen LogP contribution < -0.4 is 10.1 Å². The van der Waals surface area contributed by atoms with Gasteiger partial charge in [0, 0.05) is 12.2 Å². The first-order valence-corrected chi connectivity index (χ1v) is 7.15. The highest BCUT2D eigenvalue weighted by Crippen LogP contribution is 2.16. The Morgan fingerprint density at radius 3 is 2.62 bits per heavy atom. The van der Waals surface area contributed by atoms with Crippen molar-refractivity contribution in [2.45, 2.75) is 18.9 Å². The smallest absolute Gasteiger partial charge is 0.411 e. The van der Waals surface area contributed by atoms with E-state index in [0.29, 0.717) is 18.0 Å². The standard InChI is InChI=1S/C15H22N2O4/c1-20-15(19)16-12-4-6-14(7-5-12)21-11-13(18)10-17-8-2-3-9-17/h4-7,13,18H,2-3,8-11H2,1H3,(H,16,19). The summed E-state index contributed by atoms with van der Waals surface area (Å²) in [7, 11) is 1.31. The molecule has 1 aromatic rings. The number of β-amino-alcohol motifs (C(OH)–C–C–N with tert-alkyl or cyclic N) is 1. The van der Waals surface area contributed by atoms with Crippen LogP contribution in [0, 0.1) is 0 Å². The van der Waals surface area contributed by atoms with Crippen molar-refractivity contribution >= 4 is 11.8 Å². The number of carbonyl (C=O) groups is 1. The molecule has 6 nitrogen and oxygen atoms in total. The van der Waals surface area contributed by atoms with E-state index in [9.17, 15) is 9.90 Å². The molecule has 1 atom stereocenters. The Labute approximate surface area is 124 Å². The number of nitrogens with one attached hydrogen (secondary N) is 1. The minimum Gasteiger partial charge on any atom is -0.491 e. The number of anilines is 1. The number of ether oxygens (including phenoxy) is 2. The fourth-order valence-electron chi connectivity index (χ4n) is 2.31. The molecule has 1 unspecified atom stereocenters. The Kier molecular flexibility index (Phi) is 5.83. The average Bonchev–Trinajstić information content (AvgIpc) is 2.99. The molecule has 0 aliphatic carbocycles. The number of nitrogens with zero attached hydrogens (tertiary/aromatic N) is 1. The van der Waals surface area contributed by atoms with Crippen LogP contribution in [0.3, 0.4) is 0 Å². The summed E-state index contributed by atoms with van der Waals surface area (Å²) in [5.41, 5.74) is 0.631. The van der Waals surface area contributed by atoms with Gasteiger partial charge in [-0.1, -0.05) is 0 Å². The van der Waals surface area contributed by atoms with Crippen LogP contribution in [0.5, 0.6) is 5.75 Å². The number of hydrogen-bond donors (Lipinski definition) is 2. The van der Waals surface area contributed by atoms with E-state index in [1.54, 1.807) is 24.3 Å². The number of benzene rings is 1. The first-order valence-electron chi connectivity index (χ1n) is 7.15. The predicted octanol–water partition coefficient (Wildman–Crippen LogP) is 1.70. The zero-order valence-electron chi connectivity index (χ0n) is 12.2. The quantitative estimate of drug-likeness (QED) is 0.835. The zero-order valence-corrected chi connectivity index (χ0v) is 12.2. The Balaban J connectivity index is 1.73. The first-order chi connectivity index (χ1) is 10.2. The number of rotatable bonds is 6. The molecule has 21 heavy (non-hydrogen) atoms. The second-order valence-electron chi connectivity index (χ2n) is 5.11. The van der Waals surface area contributed by atoms with Crippen LogP contribution in [-0.2, 0) is 4.74 Å². The maximum atomic E-state index is 11.0. The number of amides is 1. The van der Waals surface area contributed by atoms with Crippen molar-refractivity contribution in [3.05, 3.63) is 24.3 Å². The fraction of sp³-hybridized carbons (Fsp3) is 0.533. The lowest BCUT2D eigenvalue weighted by Gasteiger charge is -2.19. The molecule has 1 aliphatic rings. The first kappa shape index (κ1) is 15.6. The summed E-state index contributed by atoms with van der Waals surface area (Å²) in [5.74, 6) is 0.658. The van der Waals surface area contributed by atoms with Crippen LogP contribution in [0.25, 0.3) is 0 Å². The summed E-state index contributed by atoms with van der Waals surface area (Å²) in [6.45, 7) is 3.04. The van der Waals surface area contributed by atoms with Gasteiger partial charge < -0.3 is 19.5 Å². The third-order valence-electron chi connectivity index (χ3n) is 3.40. The molecule has 1 saturated heterocycles. The third-order valence-corrected chi connectivity index (χ3v) is 3.40. The van der Waals surface area contributed by atoms with Gasteiger partial charge in [0.2, 0.25) is 0 Å². The molecule has 0 aromatic heterocycles. The molecule has 0 radical (unpaired) electrons. The minimum absolute atomic E-state index is 0.264. The molecule has 1 aliphatic heterocycles. The van der Waals surface area contributed by atoms with Gasteiger partial charge in [-0.2, -0.15) is 0 Å². The SMILES string of the molecule is COC(=O)Nc1ccc(OCC(O)CN2CCCC2)cc1. The van der Waals surface area contributed by atoms with E-state index in [1.165, 1.54) is 20.0 Å². The minimum atomic E-state index is -0.510. The molecule has 116 valence electrons. The molecule has 1 fully saturated rings. The average molecular weight is 294 g/mol. The molecule has 1 heterocycles. The maximum absolute atomic E-state index is 11.0. The van der Waals surface area contributed by atoms with Gasteiger partial charge in [0.05, 0.1) is 7.11 Å². The third kappa shape index (κ3) is 5.24. The lowest BCUT2D eigenvalue weighted by molar-refractivity contribution is 0.0758. The monoisotopic (exact) mass is 294 g/mol. The zero-order chi connectivity index (χ0) is 15.1. The van der Waals surface area contributed by atoms with Crippen LogP contribution in [0.4, 0.5) is 10.5 Å². The van der Waals surface area contributed by atoms with E-state index in [4.69, 9.17) is 4.74 Å². The van der Waals surface area contributed by atoms with Gasteiger partial charge in [0.15, 0.2) is 0 Å². The topological polar surface area (TPSA) is 71.0 Å². The van der Waals surface area contributed by atoms with Gasteiger partial charge >= 0.3 is 6.09 Å². The van der Waals surface area contributed by atoms with Crippen molar-refractivity contribution in [3.63, 3.8) is 0 Å². The Bertz CT molecular complexity index is 443. The molecule has 0 spiro atoms. The second kappa shape index (κ2) is 7.85. The molecule has 1 aromatic carbocycles. The van der Waals surface area contributed by atoms with E-state index in [-0.39, 0.29) is 6.61 Å². The Morgan fingerprint density at radius 1 is 1.33 bits per heavy atom. The number of hydrogen-bond acceptors (Lipinski definition) is 5. The molecule has 2 N–H and O–H groups in total. The van der Waals surface area contributed by atoms with Crippen LogP contribution >= 0.6 is 0 Å². The van der Waals surface area contributed by atoms with Crippen molar-refractivity contribution in [2.75, 3.05) is 38.7 Å². The van der Waals surface area contributed by atoms with Gasteiger partial charge in [0.25, 0.3) is 0 Å². The summed E-state index contributed by atoms with van der Waals surface area (Å²) in [6, 6.07) is 6.93. The molecule has 2 rings (SSSR count). The number of likely N-dealkylation sites (tertiary alicyclic amines) is 1. The summed E-state index contributed by atoms with van der Waals surface area (Å²) < 4.78 is 10.1. The Morgan fingerprint density at radius 2 is 2.00 bits per heavy atom. The molecule has 0 saturated carbocycles. The second-order valence-corrected chi connectivity index (χ2v) is 5.11. The van der Waals surface area contributed by atoms with Crippen molar-refractivity contribution in [1.29, 1.82) is 0 Å². The molecular weight excluding hydrogens is 272 g/mol. The van der Waals surface area contributed by atoms with Crippen molar-refractivity contribution in [3.8, 4) is 5.75 Å². The summed E-state index contributed by atoms with van der Waals surface area (Å²) in [4.78, 5) is 13.3. The molecular formula is C15H22N2O4. The number of carbonyl (C=O) groups excluding carboxylic acids is 1. The van der Waals surface area contributed by atoms with E-state index in [2.05, 4.69) is 15.0 Å². The van der Waals surface area contributed by atoms with Gasteiger partial charge in [-0.25, -0.2) is 4.79 Å². The highest BCUT2D eigenvalue weighted by Gasteiger charge is 2.16. The van der Waals surface area contributed by atoms with Crippen LogP contribution in [0.1, 0.15) is 12.8 Å². The largest absolute Gasteiger partial charge is 0.491 e.